The predicted molar refractivity (Wildman–Crippen MR) is 110 cm³/mol. The van der Waals surface area contributed by atoms with E-state index in [0.29, 0.717) is 17.8 Å². The molecule has 1 saturated carbocycles. The van der Waals surface area contributed by atoms with Crippen molar-refractivity contribution in [3.05, 3.63) is 65.7 Å². The zero-order valence-electron chi connectivity index (χ0n) is 16.4. The lowest BCUT2D eigenvalue weighted by atomic mass is 10.1. The third-order valence-electron chi connectivity index (χ3n) is 5.64. The fourth-order valence-corrected chi connectivity index (χ4v) is 3.68. The summed E-state index contributed by atoms with van der Waals surface area (Å²) < 4.78 is 0. The fourth-order valence-electron chi connectivity index (χ4n) is 3.68. The summed E-state index contributed by atoms with van der Waals surface area (Å²) in [5, 5.41) is 5.85. The van der Waals surface area contributed by atoms with Crippen LogP contribution >= 0.6 is 0 Å². The number of nitrogens with one attached hydrogen (secondary N) is 2. The minimum Gasteiger partial charge on any atom is -0.347 e. The molecule has 1 saturated heterocycles. The summed E-state index contributed by atoms with van der Waals surface area (Å²) in [6.07, 6.45) is 2.15. The Morgan fingerprint density at radius 3 is 2.55 bits per heavy atom. The van der Waals surface area contributed by atoms with Crippen molar-refractivity contribution in [2.75, 3.05) is 5.32 Å². The molecule has 2 aromatic rings. The normalized spacial score (nSPS) is 21.1. The van der Waals surface area contributed by atoms with Crippen LogP contribution in [0.5, 0.6) is 0 Å². The van der Waals surface area contributed by atoms with Crippen LogP contribution in [-0.4, -0.2) is 34.7 Å². The van der Waals surface area contributed by atoms with Gasteiger partial charge in [-0.25, -0.2) is 0 Å². The van der Waals surface area contributed by atoms with E-state index in [1.54, 1.807) is 24.3 Å². The minimum absolute atomic E-state index is 0.00845. The smallest absolute Gasteiger partial charge is 0.251 e. The van der Waals surface area contributed by atoms with Gasteiger partial charge in [0.15, 0.2) is 0 Å². The molecule has 0 aromatic heterocycles. The molecular weight excluding hydrogens is 366 g/mol. The maximum atomic E-state index is 12.7. The van der Waals surface area contributed by atoms with Crippen molar-refractivity contribution in [3.63, 3.8) is 0 Å². The van der Waals surface area contributed by atoms with E-state index >= 15 is 0 Å². The number of carbonyl (C=O) groups excluding carboxylic acids is 3. The molecule has 2 fully saturated rings. The Morgan fingerprint density at radius 2 is 1.83 bits per heavy atom. The number of carbonyl (C=O) groups is 3. The largest absolute Gasteiger partial charge is 0.347 e. The van der Waals surface area contributed by atoms with E-state index in [0.717, 1.165) is 18.4 Å². The van der Waals surface area contributed by atoms with E-state index in [2.05, 4.69) is 10.6 Å². The second-order valence-electron chi connectivity index (χ2n) is 7.88. The molecule has 29 heavy (non-hydrogen) atoms. The third kappa shape index (κ3) is 4.47. The Labute approximate surface area is 170 Å². The van der Waals surface area contributed by atoms with Crippen molar-refractivity contribution in [1.29, 1.82) is 0 Å². The van der Waals surface area contributed by atoms with Crippen LogP contribution in [0.4, 0.5) is 5.69 Å². The van der Waals surface area contributed by atoms with Crippen molar-refractivity contribution in [3.8, 4) is 0 Å². The lowest BCUT2D eigenvalue weighted by Gasteiger charge is -2.25. The van der Waals surface area contributed by atoms with Crippen LogP contribution in [0.3, 0.4) is 0 Å². The van der Waals surface area contributed by atoms with Crippen molar-refractivity contribution < 1.29 is 14.4 Å². The summed E-state index contributed by atoms with van der Waals surface area (Å²) in [5.74, 6) is -0.0848. The Morgan fingerprint density at radius 1 is 1.07 bits per heavy atom. The van der Waals surface area contributed by atoms with Gasteiger partial charge in [0.1, 0.15) is 0 Å². The first-order valence-corrected chi connectivity index (χ1v) is 10.1. The van der Waals surface area contributed by atoms with Crippen LogP contribution in [-0.2, 0) is 16.1 Å². The second-order valence-corrected chi connectivity index (χ2v) is 7.88. The number of nitrogens with zero attached hydrogens (tertiary/aromatic N) is 1. The second kappa shape index (κ2) is 8.07. The van der Waals surface area contributed by atoms with Gasteiger partial charge in [0.2, 0.25) is 11.8 Å². The molecule has 0 radical (unpaired) electrons. The molecule has 2 atom stereocenters. The van der Waals surface area contributed by atoms with Gasteiger partial charge in [0, 0.05) is 36.2 Å². The fraction of sp³-hybridized carbons (Fsp3) is 0.348. The molecular formula is C23H25N3O3. The topological polar surface area (TPSA) is 78.5 Å². The van der Waals surface area contributed by atoms with Gasteiger partial charge in [-0.15, -0.1) is 0 Å². The number of amides is 3. The minimum atomic E-state index is -0.247. The molecule has 3 amide bonds. The Bertz CT molecular complexity index is 924. The zero-order valence-corrected chi connectivity index (χ0v) is 16.4. The molecule has 2 unspecified atom stereocenters. The average Bonchev–Trinajstić information content (AvgIpc) is 3.54. The standard InChI is InChI=1S/C23H25N3O3/c1-15-20(13-21(27)26(15)14-16-6-3-2-4-7-16)25-23(29)18-8-5-9-19(12-18)24-22(28)17-10-11-17/h2-9,12,15,17,20H,10-11,13-14H2,1H3,(H,24,28)(H,25,29). The van der Waals surface area contributed by atoms with Crippen LogP contribution in [0.1, 0.15) is 42.1 Å². The maximum Gasteiger partial charge on any atom is 0.251 e. The number of hydrogen-bond acceptors (Lipinski definition) is 3. The van der Waals surface area contributed by atoms with Crippen LogP contribution in [0.2, 0.25) is 0 Å². The SMILES string of the molecule is CC1C(NC(=O)c2cccc(NC(=O)C3CC3)c2)CC(=O)N1Cc1ccccc1. The number of benzene rings is 2. The zero-order chi connectivity index (χ0) is 20.4. The maximum absolute atomic E-state index is 12.7. The predicted octanol–water partition coefficient (Wildman–Crippen LogP) is 2.95. The van der Waals surface area contributed by atoms with Crippen molar-refractivity contribution in [1.82, 2.24) is 10.2 Å². The summed E-state index contributed by atoms with van der Waals surface area (Å²) in [4.78, 5) is 39.0. The molecule has 0 spiro atoms. The van der Waals surface area contributed by atoms with Gasteiger partial charge in [0.25, 0.3) is 5.91 Å². The van der Waals surface area contributed by atoms with Gasteiger partial charge in [-0.3, -0.25) is 14.4 Å². The van der Waals surface area contributed by atoms with Crippen molar-refractivity contribution >= 4 is 23.4 Å². The third-order valence-corrected chi connectivity index (χ3v) is 5.64. The lowest BCUT2D eigenvalue weighted by Crippen LogP contribution is -2.43. The summed E-state index contributed by atoms with van der Waals surface area (Å²) in [7, 11) is 0. The first kappa shape index (κ1) is 19.2. The molecule has 6 nitrogen and oxygen atoms in total. The van der Waals surface area contributed by atoms with Gasteiger partial charge in [-0.1, -0.05) is 36.4 Å². The van der Waals surface area contributed by atoms with E-state index in [9.17, 15) is 14.4 Å². The Balaban J connectivity index is 1.39. The van der Waals surface area contributed by atoms with E-state index in [1.807, 2.05) is 42.2 Å². The molecule has 2 aliphatic rings. The van der Waals surface area contributed by atoms with Gasteiger partial charge in [0.05, 0.1) is 6.04 Å². The number of anilines is 1. The van der Waals surface area contributed by atoms with E-state index in [4.69, 9.17) is 0 Å². The molecule has 1 aliphatic heterocycles. The molecule has 1 aliphatic carbocycles. The Kier molecular flexibility index (Phi) is 5.34. The molecule has 6 heteroatoms. The number of likely N-dealkylation sites (tertiary alicyclic amines) is 1. The number of hydrogen-bond donors (Lipinski definition) is 2. The summed E-state index contributed by atoms with van der Waals surface area (Å²) in [6.45, 7) is 2.50. The van der Waals surface area contributed by atoms with E-state index in [-0.39, 0.29) is 42.1 Å². The summed E-state index contributed by atoms with van der Waals surface area (Å²) in [5.41, 5.74) is 2.16. The highest BCUT2D eigenvalue weighted by atomic mass is 16.2. The molecule has 150 valence electrons. The molecule has 0 bridgehead atoms. The molecule has 2 N–H and O–H groups in total. The molecule has 4 rings (SSSR count). The van der Waals surface area contributed by atoms with Crippen LogP contribution in [0.15, 0.2) is 54.6 Å². The van der Waals surface area contributed by atoms with Gasteiger partial charge >= 0.3 is 0 Å². The van der Waals surface area contributed by atoms with Crippen molar-refractivity contribution in [2.24, 2.45) is 5.92 Å². The quantitative estimate of drug-likeness (QED) is 0.795. The highest BCUT2D eigenvalue weighted by Gasteiger charge is 2.37. The van der Waals surface area contributed by atoms with Crippen LogP contribution in [0.25, 0.3) is 0 Å². The summed E-state index contributed by atoms with van der Waals surface area (Å²) in [6, 6.07) is 16.4. The summed E-state index contributed by atoms with van der Waals surface area (Å²) >= 11 is 0. The van der Waals surface area contributed by atoms with E-state index in [1.165, 1.54) is 0 Å². The highest BCUT2D eigenvalue weighted by Crippen LogP contribution is 2.30. The van der Waals surface area contributed by atoms with Gasteiger partial charge in [-0.05, 0) is 43.5 Å². The van der Waals surface area contributed by atoms with E-state index < -0.39 is 0 Å². The average molecular weight is 391 g/mol. The van der Waals surface area contributed by atoms with Crippen LogP contribution in [0, 0.1) is 5.92 Å². The van der Waals surface area contributed by atoms with Crippen molar-refractivity contribution in [2.45, 2.75) is 44.8 Å². The highest BCUT2D eigenvalue weighted by molar-refractivity contribution is 5.98. The first-order chi connectivity index (χ1) is 14.0. The Hall–Kier alpha value is -3.15. The number of rotatable bonds is 6. The van der Waals surface area contributed by atoms with Gasteiger partial charge in [-0.2, -0.15) is 0 Å². The lowest BCUT2D eigenvalue weighted by molar-refractivity contribution is -0.129. The molecule has 2 aromatic carbocycles. The monoisotopic (exact) mass is 391 g/mol. The van der Waals surface area contributed by atoms with Crippen LogP contribution < -0.4 is 10.6 Å². The molecule has 1 heterocycles. The van der Waals surface area contributed by atoms with Gasteiger partial charge < -0.3 is 15.5 Å². The first-order valence-electron chi connectivity index (χ1n) is 10.1.